The summed E-state index contributed by atoms with van der Waals surface area (Å²) in [4.78, 5) is 4.07. The summed E-state index contributed by atoms with van der Waals surface area (Å²) in [6.07, 6.45) is 1.20. The molecule has 2 rings (SSSR count). The molecule has 0 aliphatic rings. The van der Waals surface area contributed by atoms with Gasteiger partial charge in [0.15, 0.2) is 0 Å². The average Bonchev–Trinajstić information content (AvgIpc) is 2.35. The second kappa shape index (κ2) is 5.25. The zero-order chi connectivity index (χ0) is 12.3. The van der Waals surface area contributed by atoms with Gasteiger partial charge in [0.1, 0.15) is 5.82 Å². The van der Waals surface area contributed by atoms with E-state index in [1.54, 1.807) is 6.07 Å². The molecule has 1 heterocycles. The molecule has 1 unspecified atom stereocenters. The summed E-state index contributed by atoms with van der Waals surface area (Å²) < 4.78 is 12.8. The van der Waals surface area contributed by atoms with E-state index in [1.807, 2.05) is 31.3 Å². The molecule has 0 aliphatic heterocycles. The van der Waals surface area contributed by atoms with Crippen LogP contribution in [0.4, 0.5) is 4.39 Å². The molecule has 1 aromatic carbocycles. The Labute approximate surface area is 104 Å². The molecule has 0 bridgehead atoms. The summed E-state index contributed by atoms with van der Waals surface area (Å²) in [6, 6.07) is 10.4. The molecule has 1 aromatic heterocycles. The first-order valence-corrected chi connectivity index (χ1v) is 5.63. The Morgan fingerprint density at radius 1 is 1.24 bits per heavy atom. The largest absolute Gasteiger partial charge is 0.308 e. The third-order valence-electron chi connectivity index (χ3n) is 2.55. The Balaban J connectivity index is 2.40. The molecule has 0 spiro atoms. The van der Waals surface area contributed by atoms with Crippen LogP contribution in [-0.2, 0) is 0 Å². The van der Waals surface area contributed by atoms with Gasteiger partial charge >= 0.3 is 0 Å². The lowest BCUT2D eigenvalue weighted by atomic mass is 10.0. The molecule has 88 valence electrons. The van der Waals surface area contributed by atoms with Crippen molar-refractivity contribution < 1.29 is 4.39 Å². The second-order valence-electron chi connectivity index (χ2n) is 3.64. The summed E-state index contributed by atoms with van der Waals surface area (Å²) in [5.41, 5.74) is 1.66. The van der Waals surface area contributed by atoms with E-state index in [0.717, 1.165) is 11.3 Å². The minimum atomic E-state index is -0.345. The van der Waals surface area contributed by atoms with Crippen LogP contribution in [0.3, 0.4) is 0 Å². The highest BCUT2D eigenvalue weighted by Crippen LogP contribution is 2.26. The number of benzene rings is 1. The molecule has 0 amide bonds. The van der Waals surface area contributed by atoms with Crippen molar-refractivity contribution in [2.24, 2.45) is 0 Å². The van der Waals surface area contributed by atoms with Crippen molar-refractivity contribution in [3.05, 3.63) is 64.7 Å². The zero-order valence-corrected chi connectivity index (χ0v) is 10.1. The molecule has 2 nitrogen and oxygen atoms in total. The maximum Gasteiger partial charge on any atom is 0.141 e. The van der Waals surface area contributed by atoms with Gasteiger partial charge in [-0.15, -0.1) is 0 Å². The van der Waals surface area contributed by atoms with Crippen LogP contribution in [0.25, 0.3) is 0 Å². The molecule has 2 aromatic rings. The van der Waals surface area contributed by atoms with E-state index in [9.17, 15) is 4.39 Å². The lowest BCUT2D eigenvalue weighted by molar-refractivity contribution is 0.610. The predicted molar refractivity (Wildman–Crippen MR) is 66.5 cm³/mol. The molecule has 17 heavy (non-hydrogen) atoms. The summed E-state index contributed by atoms with van der Waals surface area (Å²) in [7, 11) is 1.82. The minimum Gasteiger partial charge on any atom is -0.308 e. The van der Waals surface area contributed by atoms with Gasteiger partial charge in [0.05, 0.1) is 17.9 Å². The van der Waals surface area contributed by atoms with Crippen LogP contribution in [0.1, 0.15) is 17.3 Å². The minimum absolute atomic E-state index is 0.135. The fourth-order valence-corrected chi connectivity index (χ4v) is 1.97. The molecule has 0 fully saturated rings. The Hall–Kier alpha value is -1.45. The quantitative estimate of drug-likeness (QED) is 0.905. The van der Waals surface area contributed by atoms with Crippen LogP contribution in [-0.4, -0.2) is 12.0 Å². The van der Waals surface area contributed by atoms with Crippen molar-refractivity contribution in [1.82, 2.24) is 10.3 Å². The first-order chi connectivity index (χ1) is 8.22. The van der Waals surface area contributed by atoms with Crippen LogP contribution in [0.15, 0.2) is 42.6 Å². The summed E-state index contributed by atoms with van der Waals surface area (Å²) in [5.74, 6) is -0.345. The molecular weight excluding hydrogens is 239 g/mol. The second-order valence-corrected chi connectivity index (χ2v) is 4.05. The highest BCUT2D eigenvalue weighted by molar-refractivity contribution is 6.31. The van der Waals surface area contributed by atoms with E-state index in [-0.39, 0.29) is 11.9 Å². The molecule has 4 heteroatoms. The van der Waals surface area contributed by atoms with Crippen molar-refractivity contribution in [3.63, 3.8) is 0 Å². The monoisotopic (exact) mass is 250 g/mol. The Morgan fingerprint density at radius 3 is 2.59 bits per heavy atom. The third kappa shape index (κ3) is 2.62. The van der Waals surface area contributed by atoms with E-state index in [1.165, 1.54) is 12.3 Å². The van der Waals surface area contributed by atoms with E-state index >= 15 is 0 Å². The number of aromatic nitrogens is 1. The molecule has 0 aliphatic carbocycles. The van der Waals surface area contributed by atoms with E-state index in [0.29, 0.717) is 5.02 Å². The van der Waals surface area contributed by atoms with Gasteiger partial charge in [-0.05, 0) is 30.8 Å². The molecule has 1 atom stereocenters. The molecule has 0 saturated heterocycles. The van der Waals surface area contributed by atoms with Gasteiger partial charge in [0, 0.05) is 5.02 Å². The fourth-order valence-electron chi connectivity index (χ4n) is 1.73. The number of pyridine rings is 1. The van der Waals surface area contributed by atoms with Gasteiger partial charge in [-0.3, -0.25) is 4.98 Å². The number of halogens is 2. The van der Waals surface area contributed by atoms with Crippen LogP contribution in [0.5, 0.6) is 0 Å². The Kier molecular flexibility index (Phi) is 3.71. The number of rotatable bonds is 3. The van der Waals surface area contributed by atoms with Gasteiger partial charge in [-0.2, -0.15) is 0 Å². The highest BCUT2D eigenvalue weighted by Gasteiger charge is 2.15. The van der Waals surface area contributed by atoms with Gasteiger partial charge in [-0.1, -0.05) is 29.8 Å². The summed E-state index contributed by atoms with van der Waals surface area (Å²) >= 11 is 6.14. The normalized spacial score (nSPS) is 12.4. The Morgan fingerprint density at radius 2 is 2.00 bits per heavy atom. The lowest BCUT2D eigenvalue weighted by Gasteiger charge is -2.17. The number of hydrogen-bond donors (Lipinski definition) is 1. The maximum absolute atomic E-state index is 12.8. The fraction of sp³-hybridized carbons (Fsp3) is 0.154. The highest BCUT2D eigenvalue weighted by atomic mass is 35.5. The first-order valence-electron chi connectivity index (χ1n) is 5.25. The zero-order valence-electron chi connectivity index (χ0n) is 9.32. The number of nitrogens with one attached hydrogen (secondary N) is 1. The van der Waals surface area contributed by atoms with Gasteiger partial charge in [0.2, 0.25) is 0 Å². The van der Waals surface area contributed by atoms with E-state index in [2.05, 4.69) is 10.3 Å². The predicted octanol–water partition coefficient (Wildman–Crippen LogP) is 3.18. The van der Waals surface area contributed by atoms with Gasteiger partial charge in [0.25, 0.3) is 0 Å². The van der Waals surface area contributed by atoms with Crippen LogP contribution in [0, 0.1) is 5.82 Å². The number of nitrogens with zero attached hydrogens (tertiary/aromatic N) is 1. The molecule has 0 radical (unpaired) electrons. The van der Waals surface area contributed by atoms with Gasteiger partial charge in [-0.25, -0.2) is 4.39 Å². The van der Waals surface area contributed by atoms with Crippen molar-refractivity contribution in [1.29, 1.82) is 0 Å². The summed E-state index contributed by atoms with van der Waals surface area (Å²) in [6.45, 7) is 0. The molecule has 0 saturated carbocycles. The molecule has 1 N–H and O–H groups in total. The Bertz CT molecular complexity index is 499. The lowest BCUT2D eigenvalue weighted by Crippen LogP contribution is -2.19. The van der Waals surface area contributed by atoms with Crippen LogP contribution in [0.2, 0.25) is 5.02 Å². The smallest absolute Gasteiger partial charge is 0.141 e. The van der Waals surface area contributed by atoms with E-state index < -0.39 is 0 Å². The SMILES string of the molecule is CNC(c1ccc(F)cn1)c1ccccc1Cl. The van der Waals surface area contributed by atoms with Crippen molar-refractivity contribution in [2.45, 2.75) is 6.04 Å². The van der Waals surface area contributed by atoms with Crippen molar-refractivity contribution in [3.8, 4) is 0 Å². The van der Waals surface area contributed by atoms with Crippen molar-refractivity contribution in [2.75, 3.05) is 7.05 Å². The van der Waals surface area contributed by atoms with Gasteiger partial charge < -0.3 is 5.32 Å². The van der Waals surface area contributed by atoms with Crippen molar-refractivity contribution >= 4 is 11.6 Å². The topological polar surface area (TPSA) is 24.9 Å². The third-order valence-corrected chi connectivity index (χ3v) is 2.90. The van der Waals surface area contributed by atoms with Crippen LogP contribution >= 0.6 is 11.6 Å². The first kappa shape index (κ1) is 12.0. The average molecular weight is 251 g/mol. The number of hydrogen-bond acceptors (Lipinski definition) is 2. The molecular formula is C13H12ClFN2. The summed E-state index contributed by atoms with van der Waals surface area (Å²) in [5, 5.41) is 3.79. The maximum atomic E-state index is 12.8. The van der Waals surface area contributed by atoms with Crippen LogP contribution < -0.4 is 5.32 Å². The van der Waals surface area contributed by atoms with E-state index in [4.69, 9.17) is 11.6 Å². The standard InChI is InChI=1S/C13H12ClFN2/c1-16-13(10-4-2-3-5-11(10)14)12-7-6-9(15)8-17-12/h2-8,13,16H,1H3.